The van der Waals surface area contributed by atoms with Gasteiger partial charge in [-0.25, -0.2) is 0 Å². The van der Waals surface area contributed by atoms with Crippen LogP contribution in [0.5, 0.6) is 0 Å². The van der Waals surface area contributed by atoms with Gasteiger partial charge in [-0.05, 0) is 31.4 Å². The van der Waals surface area contributed by atoms with Gasteiger partial charge in [0.05, 0.1) is 6.61 Å². The molecule has 0 rings (SSSR count). The van der Waals surface area contributed by atoms with Crippen molar-refractivity contribution in [2.45, 2.75) is 12.8 Å². The van der Waals surface area contributed by atoms with E-state index in [1.165, 1.54) is 12.0 Å². The molecule has 0 aliphatic rings. The minimum Gasteiger partial charge on any atom is -0.330 e. The van der Waals surface area contributed by atoms with Crippen molar-refractivity contribution in [1.29, 1.82) is 0 Å². The molecule has 0 aliphatic carbocycles. The van der Waals surface area contributed by atoms with Crippen LogP contribution in [-0.4, -0.2) is 19.4 Å². The molecule has 3 heteroatoms. The van der Waals surface area contributed by atoms with Crippen LogP contribution < -0.4 is 5.73 Å². The Kier molecular flexibility index (Phi) is 7.52. The molecule has 0 atom stereocenters. The highest BCUT2D eigenvalue weighted by Crippen LogP contribution is 1.96. The Morgan fingerprint density at radius 2 is 2.25 bits per heavy atom. The molecule has 0 saturated carbocycles. The Morgan fingerprint density at radius 3 is 2.75 bits per heavy atom. The number of rotatable bonds is 5. The zero-order valence-electron chi connectivity index (χ0n) is 5.22. The Hall–Kier alpha value is 0.270. The maximum Gasteiger partial charge on any atom is 0.0614 e. The molecule has 0 radical (unpaired) electrons. The fourth-order valence-electron chi connectivity index (χ4n) is 0.389. The van der Waals surface area contributed by atoms with Gasteiger partial charge in [0.15, 0.2) is 0 Å². The third-order valence-corrected chi connectivity index (χ3v) is 1.20. The van der Waals surface area contributed by atoms with E-state index in [0.717, 1.165) is 26.0 Å². The summed E-state index contributed by atoms with van der Waals surface area (Å²) in [5, 5.41) is 0. The molecule has 0 aromatic heterocycles. The van der Waals surface area contributed by atoms with Crippen molar-refractivity contribution in [2.75, 3.05) is 19.4 Å². The summed E-state index contributed by atoms with van der Waals surface area (Å²) < 4.78 is 5.00. The summed E-state index contributed by atoms with van der Waals surface area (Å²) in [6, 6.07) is 0. The second kappa shape index (κ2) is 7.27. The van der Waals surface area contributed by atoms with Crippen molar-refractivity contribution in [3.63, 3.8) is 0 Å². The minimum absolute atomic E-state index is 0.776. The first-order valence-electron chi connectivity index (χ1n) is 2.77. The quantitative estimate of drug-likeness (QED) is 0.451. The summed E-state index contributed by atoms with van der Waals surface area (Å²) in [4.78, 5) is 0. The van der Waals surface area contributed by atoms with Gasteiger partial charge in [0.2, 0.25) is 0 Å². The Balaban J connectivity index is 2.53. The fourth-order valence-corrected chi connectivity index (χ4v) is 0.673. The molecule has 0 heterocycles. The molecular formula is C5H13NOS. The van der Waals surface area contributed by atoms with Gasteiger partial charge in [-0.2, -0.15) is 0 Å². The van der Waals surface area contributed by atoms with Crippen LogP contribution in [0, 0.1) is 0 Å². The summed E-state index contributed by atoms with van der Waals surface area (Å²) in [7, 11) is 0. The van der Waals surface area contributed by atoms with E-state index in [9.17, 15) is 0 Å². The van der Waals surface area contributed by atoms with Gasteiger partial charge in [0.1, 0.15) is 0 Å². The van der Waals surface area contributed by atoms with Gasteiger partial charge < -0.3 is 9.92 Å². The van der Waals surface area contributed by atoms with Gasteiger partial charge in [0, 0.05) is 6.26 Å². The van der Waals surface area contributed by atoms with Crippen LogP contribution >= 0.6 is 12.0 Å². The fraction of sp³-hybridized carbons (Fsp3) is 1.00. The van der Waals surface area contributed by atoms with E-state index in [2.05, 4.69) is 0 Å². The summed E-state index contributed by atoms with van der Waals surface area (Å²) in [5.74, 6) is 0. The number of unbranched alkanes of at least 4 members (excludes halogenated alkanes) is 1. The van der Waals surface area contributed by atoms with Crippen molar-refractivity contribution in [3.8, 4) is 0 Å². The van der Waals surface area contributed by atoms with Gasteiger partial charge in [-0.1, -0.05) is 0 Å². The van der Waals surface area contributed by atoms with E-state index >= 15 is 0 Å². The van der Waals surface area contributed by atoms with Gasteiger partial charge in [-0.3, -0.25) is 0 Å². The van der Waals surface area contributed by atoms with Crippen LogP contribution in [0.3, 0.4) is 0 Å². The van der Waals surface area contributed by atoms with E-state index in [1.54, 1.807) is 0 Å². The third kappa shape index (κ3) is 6.27. The lowest BCUT2D eigenvalue weighted by molar-refractivity contribution is 0.362. The van der Waals surface area contributed by atoms with Crippen LogP contribution in [0.25, 0.3) is 0 Å². The molecule has 2 N–H and O–H groups in total. The molecule has 0 saturated heterocycles. The van der Waals surface area contributed by atoms with Crippen LogP contribution in [-0.2, 0) is 4.18 Å². The third-order valence-electron chi connectivity index (χ3n) is 0.800. The zero-order chi connectivity index (χ0) is 6.24. The first kappa shape index (κ1) is 8.27. The molecule has 2 nitrogen and oxygen atoms in total. The number of hydrogen-bond acceptors (Lipinski definition) is 3. The normalized spacial score (nSPS) is 9.75. The molecular weight excluding hydrogens is 122 g/mol. The van der Waals surface area contributed by atoms with Crippen LogP contribution in [0.1, 0.15) is 12.8 Å². The van der Waals surface area contributed by atoms with Crippen molar-refractivity contribution < 1.29 is 4.18 Å². The van der Waals surface area contributed by atoms with Gasteiger partial charge >= 0.3 is 0 Å². The Morgan fingerprint density at radius 1 is 1.50 bits per heavy atom. The smallest absolute Gasteiger partial charge is 0.0614 e. The highest BCUT2D eigenvalue weighted by Gasteiger charge is 1.83. The molecule has 0 aromatic rings. The largest absolute Gasteiger partial charge is 0.330 e. The summed E-state index contributed by atoms with van der Waals surface area (Å²) in [5.41, 5.74) is 5.25. The molecule has 0 aromatic carbocycles. The first-order chi connectivity index (χ1) is 3.91. The highest BCUT2D eigenvalue weighted by molar-refractivity contribution is 7.93. The van der Waals surface area contributed by atoms with Crippen LogP contribution in [0.2, 0.25) is 0 Å². The lowest BCUT2D eigenvalue weighted by atomic mass is 10.3. The lowest BCUT2D eigenvalue weighted by Gasteiger charge is -1.95. The predicted molar refractivity (Wildman–Crippen MR) is 37.8 cm³/mol. The predicted octanol–water partition coefficient (Wildman–Crippen LogP) is 1.02. The monoisotopic (exact) mass is 135 g/mol. The van der Waals surface area contributed by atoms with Crippen molar-refractivity contribution in [3.05, 3.63) is 0 Å². The maximum absolute atomic E-state index is 5.25. The van der Waals surface area contributed by atoms with E-state index in [1.807, 2.05) is 6.26 Å². The molecule has 8 heavy (non-hydrogen) atoms. The first-order valence-corrected chi connectivity index (χ1v) is 3.92. The molecule has 0 aliphatic heterocycles. The Labute approximate surface area is 55.0 Å². The average molecular weight is 135 g/mol. The summed E-state index contributed by atoms with van der Waals surface area (Å²) >= 11 is 1.41. The van der Waals surface area contributed by atoms with E-state index in [0.29, 0.717) is 0 Å². The molecule has 0 amide bonds. The maximum atomic E-state index is 5.25. The second-order valence-electron chi connectivity index (χ2n) is 1.48. The second-order valence-corrected chi connectivity index (χ2v) is 2.05. The zero-order valence-corrected chi connectivity index (χ0v) is 6.04. The average Bonchev–Trinajstić information content (AvgIpc) is 1.81. The van der Waals surface area contributed by atoms with Crippen molar-refractivity contribution in [2.24, 2.45) is 5.73 Å². The summed E-state index contributed by atoms with van der Waals surface area (Å²) in [6.45, 7) is 1.61. The minimum atomic E-state index is 0.776. The standard InChI is InChI=1S/C5H13NOS/c1-8-7-5-3-2-4-6/h2-6H2,1H3. The van der Waals surface area contributed by atoms with E-state index in [4.69, 9.17) is 9.92 Å². The highest BCUT2D eigenvalue weighted by atomic mass is 32.2. The van der Waals surface area contributed by atoms with Crippen LogP contribution in [0.4, 0.5) is 0 Å². The van der Waals surface area contributed by atoms with Gasteiger partial charge in [0.25, 0.3) is 0 Å². The molecule has 0 bridgehead atoms. The van der Waals surface area contributed by atoms with E-state index in [-0.39, 0.29) is 0 Å². The van der Waals surface area contributed by atoms with E-state index < -0.39 is 0 Å². The molecule has 50 valence electrons. The van der Waals surface area contributed by atoms with Gasteiger partial charge in [-0.15, -0.1) is 0 Å². The molecule has 0 spiro atoms. The van der Waals surface area contributed by atoms with Crippen molar-refractivity contribution in [1.82, 2.24) is 0 Å². The van der Waals surface area contributed by atoms with Crippen LogP contribution in [0.15, 0.2) is 0 Å². The number of nitrogens with two attached hydrogens (primary N) is 1. The summed E-state index contributed by atoms with van der Waals surface area (Å²) in [6.07, 6.45) is 4.07. The lowest BCUT2D eigenvalue weighted by Crippen LogP contribution is -1.99. The Bertz CT molecular complexity index is 37.4. The SMILES string of the molecule is CSOCCCCN. The van der Waals surface area contributed by atoms with Crippen molar-refractivity contribution >= 4 is 12.0 Å². The molecule has 0 unspecified atom stereocenters. The number of hydrogen-bond donors (Lipinski definition) is 1. The molecule has 0 fully saturated rings. The topological polar surface area (TPSA) is 35.2 Å².